The van der Waals surface area contributed by atoms with Crippen molar-refractivity contribution in [2.45, 2.75) is 56.8 Å². The average molecular weight is 266 g/mol. The van der Waals surface area contributed by atoms with Gasteiger partial charge in [-0.25, -0.2) is 8.78 Å². The molecule has 1 aromatic rings. The molecule has 0 amide bonds. The van der Waals surface area contributed by atoms with Crippen LogP contribution in [-0.2, 0) is 0 Å². The van der Waals surface area contributed by atoms with Crippen LogP contribution in [0.2, 0.25) is 0 Å². The lowest BCUT2D eigenvalue weighted by Gasteiger charge is -2.41. The van der Waals surface area contributed by atoms with E-state index >= 15 is 0 Å². The van der Waals surface area contributed by atoms with Crippen LogP contribution in [0.4, 0.5) is 8.78 Å². The third-order valence-corrected chi connectivity index (χ3v) is 4.70. The zero-order valence-corrected chi connectivity index (χ0v) is 11.2. The summed E-state index contributed by atoms with van der Waals surface area (Å²) in [4.78, 5) is 2.35. The van der Waals surface area contributed by atoms with Crippen molar-refractivity contribution < 1.29 is 8.78 Å². The molecule has 2 fully saturated rings. The highest BCUT2D eigenvalue weighted by Crippen LogP contribution is 2.41. The Morgan fingerprint density at radius 1 is 1.21 bits per heavy atom. The second kappa shape index (κ2) is 4.84. The number of rotatable bonds is 2. The molecule has 2 nitrogen and oxygen atoms in total. The lowest BCUT2D eigenvalue weighted by atomic mass is 9.94. The zero-order chi connectivity index (χ0) is 13.6. The fourth-order valence-electron chi connectivity index (χ4n) is 3.89. The van der Waals surface area contributed by atoms with E-state index in [2.05, 4.69) is 4.90 Å². The molecular weight excluding hydrogens is 246 g/mol. The number of hydrogen-bond acceptors (Lipinski definition) is 2. The van der Waals surface area contributed by atoms with E-state index in [-0.39, 0.29) is 12.1 Å². The van der Waals surface area contributed by atoms with Crippen LogP contribution in [0.15, 0.2) is 18.2 Å². The van der Waals surface area contributed by atoms with E-state index in [0.717, 1.165) is 25.7 Å². The van der Waals surface area contributed by atoms with Crippen LogP contribution in [0, 0.1) is 11.6 Å². The van der Waals surface area contributed by atoms with Gasteiger partial charge in [-0.05, 0) is 38.7 Å². The standard InChI is InChI=1S/C15H20F2N2/c1-9(13-3-2-4-14(16)15(13)17)19-11-5-6-12(19)8-10(18)7-11/h2-4,9-12H,5-8,18H2,1H3. The molecule has 2 heterocycles. The van der Waals surface area contributed by atoms with Crippen molar-refractivity contribution in [3.05, 3.63) is 35.4 Å². The van der Waals surface area contributed by atoms with Crippen LogP contribution >= 0.6 is 0 Å². The molecule has 3 unspecified atom stereocenters. The largest absolute Gasteiger partial charge is 0.328 e. The van der Waals surface area contributed by atoms with Crippen LogP contribution in [-0.4, -0.2) is 23.0 Å². The molecule has 0 aromatic heterocycles. The summed E-state index contributed by atoms with van der Waals surface area (Å²) in [6.45, 7) is 1.97. The molecule has 104 valence electrons. The Kier molecular flexibility index (Phi) is 3.31. The second-order valence-electron chi connectivity index (χ2n) is 5.88. The van der Waals surface area contributed by atoms with Gasteiger partial charge in [-0.1, -0.05) is 12.1 Å². The summed E-state index contributed by atoms with van der Waals surface area (Å²) in [5, 5.41) is 0. The molecule has 2 N–H and O–H groups in total. The Morgan fingerprint density at radius 2 is 1.84 bits per heavy atom. The SMILES string of the molecule is CC(c1cccc(F)c1F)N1C2CCC1CC(N)C2. The van der Waals surface area contributed by atoms with Crippen molar-refractivity contribution in [2.75, 3.05) is 0 Å². The molecule has 1 aromatic carbocycles. The Labute approximate surface area is 112 Å². The van der Waals surface area contributed by atoms with Crippen LogP contribution in [0.5, 0.6) is 0 Å². The predicted molar refractivity (Wildman–Crippen MR) is 70.6 cm³/mol. The van der Waals surface area contributed by atoms with Crippen LogP contribution in [0.3, 0.4) is 0 Å². The number of nitrogens with zero attached hydrogens (tertiary/aromatic N) is 1. The van der Waals surface area contributed by atoms with Gasteiger partial charge < -0.3 is 5.73 Å². The van der Waals surface area contributed by atoms with Crippen molar-refractivity contribution in [3.63, 3.8) is 0 Å². The van der Waals surface area contributed by atoms with Crippen LogP contribution in [0.25, 0.3) is 0 Å². The van der Waals surface area contributed by atoms with Gasteiger partial charge in [0.2, 0.25) is 0 Å². The van der Waals surface area contributed by atoms with Gasteiger partial charge >= 0.3 is 0 Å². The van der Waals surface area contributed by atoms with Crippen molar-refractivity contribution in [3.8, 4) is 0 Å². The van der Waals surface area contributed by atoms with Gasteiger partial charge in [0.15, 0.2) is 11.6 Å². The molecule has 19 heavy (non-hydrogen) atoms. The number of fused-ring (bicyclic) bond motifs is 2. The first kappa shape index (κ1) is 13.0. The van der Waals surface area contributed by atoms with Gasteiger partial charge in [0, 0.05) is 29.7 Å². The molecule has 2 bridgehead atoms. The van der Waals surface area contributed by atoms with Crippen molar-refractivity contribution >= 4 is 0 Å². The summed E-state index contributed by atoms with van der Waals surface area (Å²) in [7, 11) is 0. The minimum Gasteiger partial charge on any atom is -0.328 e. The van der Waals surface area contributed by atoms with E-state index in [0.29, 0.717) is 17.6 Å². The minimum atomic E-state index is -0.759. The first-order valence-corrected chi connectivity index (χ1v) is 7.05. The molecule has 0 radical (unpaired) electrons. The number of nitrogens with two attached hydrogens (primary N) is 1. The smallest absolute Gasteiger partial charge is 0.163 e. The maximum Gasteiger partial charge on any atom is 0.163 e. The predicted octanol–water partition coefficient (Wildman–Crippen LogP) is 2.98. The number of piperidine rings is 1. The van der Waals surface area contributed by atoms with E-state index in [9.17, 15) is 8.78 Å². The highest BCUT2D eigenvalue weighted by Gasteiger charge is 2.42. The maximum absolute atomic E-state index is 13.9. The van der Waals surface area contributed by atoms with Gasteiger partial charge in [-0.2, -0.15) is 0 Å². The van der Waals surface area contributed by atoms with E-state index in [1.165, 1.54) is 6.07 Å². The first-order valence-electron chi connectivity index (χ1n) is 7.05. The summed E-state index contributed by atoms with van der Waals surface area (Å²) in [6.07, 6.45) is 4.19. The molecule has 0 spiro atoms. The monoisotopic (exact) mass is 266 g/mol. The Balaban J connectivity index is 1.88. The fraction of sp³-hybridized carbons (Fsp3) is 0.600. The van der Waals surface area contributed by atoms with E-state index in [1.54, 1.807) is 12.1 Å². The molecule has 3 atom stereocenters. The van der Waals surface area contributed by atoms with Crippen LogP contribution in [0.1, 0.15) is 44.2 Å². The molecule has 2 aliphatic rings. The van der Waals surface area contributed by atoms with Crippen molar-refractivity contribution in [1.29, 1.82) is 0 Å². The third-order valence-electron chi connectivity index (χ3n) is 4.70. The fourth-order valence-corrected chi connectivity index (χ4v) is 3.89. The Bertz CT molecular complexity index is 463. The zero-order valence-electron chi connectivity index (χ0n) is 11.2. The van der Waals surface area contributed by atoms with E-state index in [1.807, 2.05) is 6.92 Å². The number of benzene rings is 1. The quantitative estimate of drug-likeness (QED) is 0.891. The summed E-state index contributed by atoms with van der Waals surface area (Å²) in [5.41, 5.74) is 6.52. The summed E-state index contributed by atoms with van der Waals surface area (Å²) in [5.74, 6) is -1.46. The van der Waals surface area contributed by atoms with Crippen LogP contribution < -0.4 is 5.73 Å². The van der Waals surface area contributed by atoms with Gasteiger partial charge in [-0.15, -0.1) is 0 Å². The molecule has 4 heteroatoms. The molecule has 3 rings (SSSR count). The molecular formula is C15H20F2N2. The Morgan fingerprint density at radius 3 is 2.47 bits per heavy atom. The molecule has 0 saturated carbocycles. The maximum atomic E-state index is 13.9. The lowest BCUT2D eigenvalue weighted by Crippen LogP contribution is -2.48. The van der Waals surface area contributed by atoms with Gasteiger partial charge in [0.1, 0.15) is 0 Å². The third kappa shape index (κ3) is 2.17. The van der Waals surface area contributed by atoms with E-state index in [4.69, 9.17) is 5.73 Å². The minimum absolute atomic E-state index is 0.0827. The normalized spacial score (nSPS) is 32.5. The summed E-state index contributed by atoms with van der Waals surface area (Å²) >= 11 is 0. The van der Waals surface area contributed by atoms with Gasteiger partial charge in [0.25, 0.3) is 0 Å². The second-order valence-corrected chi connectivity index (χ2v) is 5.88. The first-order chi connectivity index (χ1) is 9.08. The molecule has 2 saturated heterocycles. The van der Waals surface area contributed by atoms with Gasteiger partial charge in [-0.3, -0.25) is 4.90 Å². The summed E-state index contributed by atoms with van der Waals surface area (Å²) in [6, 6.07) is 5.47. The van der Waals surface area contributed by atoms with Crippen molar-refractivity contribution in [2.24, 2.45) is 5.73 Å². The number of halogens is 2. The summed E-state index contributed by atoms with van der Waals surface area (Å²) < 4.78 is 27.3. The Hall–Kier alpha value is -1.00. The van der Waals surface area contributed by atoms with Gasteiger partial charge in [0.05, 0.1) is 0 Å². The topological polar surface area (TPSA) is 29.3 Å². The van der Waals surface area contributed by atoms with E-state index < -0.39 is 11.6 Å². The highest BCUT2D eigenvalue weighted by molar-refractivity contribution is 5.23. The lowest BCUT2D eigenvalue weighted by molar-refractivity contribution is 0.0833. The molecule has 0 aliphatic carbocycles. The average Bonchev–Trinajstić information content (AvgIpc) is 2.64. The molecule has 2 aliphatic heterocycles. The number of hydrogen-bond donors (Lipinski definition) is 1. The highest BCUT2D eigenvalue weighted by atomic mass is 19.2. The van der Waals surface area contributed by atoms with Crippen molar-refractivity contribution in [1.82, 2.24) is 4.90 Å².